The van der Waals surface area contributed by atoms with Crippen molar-refractivity contribution in [2.45, 2.75) is 39.4 Å². The third kappa shape index (κ3) is 1.59. The predicted molar refractivity (Wildman–Crippen MR) is 43.7 cm³/mol. The van der Waals surface area contributed by atoms with Crippen molar-refractivity contribution in [2.24, 2.45) is 5.41 Å². The van der Waals surface area contributed by atoms with Crippen LogP contribution < -0.4 is 0 Å². The average molecular weight is 176 g/mol. The Hall–Kier alpha value is -0.610. The van der Waals surface area contributed by atoms with Crippen molar-refractivity contribution < 1.29 is 20.1 Å². The molecule has 0 spiro atoms. The molecule has 0 rings (SSSR count). The molecule has 0 fully saturated rings. The van der Waals surface area contributed by atoms with Crippen LogP contribution in [0.15, 0.2) is 0 Å². The summed E-state index contributed by atoms with van der Waals surface area (Å²) in [6, 6.07) is 0. The Balaban J connectivity index is 5.02. The number of carboxylic acids is 1. The Morgan fingerprint density at radius 3 is 1.67 bits per heavy atom. The van der Waals surface area contributed by atoms with Crippen molar-refractivity contribution in [1.29, 1.82) is 0 Å². The number of aliphatic hydroxyl groups excluding tert-OH is 1. The first-order valence-corrected chi connectivity index (χ1v) is 3.78. The van der Waals surface area contributed by atoms with E-state index in [4.69, 9.17) is 10.2 Å². The van der Waals surface area contributed by atoms with E-state index in [0.717, 1.165) is 0 Å². The summed E-state index contributed by atoms with van der Waals surface area (Å²) in [6.07, 6.45) is -1.30. The third-order valence-corrected chi connectivity index (χ3v) is 2.07. The molecule has 4 heteroatoms. The number of aliphatic carboxylic acids is 1. The zero-order valence-corrected chi connectivity index (χ0v) is 7.83. The lowest BCUT2D eigenvalue weighted by atomic mass is 9.73. The van der Waals surface area contributed by atoms with Gasteiger partial charge in [0, 0.05) is 5.41 Å². The lowest BCUT2D eigenvalue weighted by molar-refractivity contribution is -0.189. The van der Waals surface area contributed by atoms with Gasteiger partial charge in [-0.15, -0.1) is 0 Å². The molecular weight excluding hydrogens is 160 g/mol. The van der Waals surface area contributed by atoms with E-state index in [1.165, 1.54) is 6.92 Å². The van der Waals surface area contributed by atoms with Crippen molar-refractivity contribution in [3.8, 4) is 0 Å². The molecule has 0 aliphatic carbocycles. The van der Waals surface area contributed by atoms with Crippen LogP contribution in [0.2, 0.25) is 0 Å². The van der Waals surface area contributed by atoms with Gasteiger partial charge in [-0.2, -0.15) is 0 Å². The molecule has 0 aromatic heterocycles. The van der Waals surface area contributed by atoms with Gasteiger partial charge in [0.1, 0.15) is 0 Å². The SMILES string of the molecule is CC(O)C(O)(C(=O)O)C(C)(C)C. The molecule has 2 atom stereocenters. The highest BCUT2D eigenvalue weighted by Gasteiger charge is 2.51. The standard InChI is InChI=1S/C8H16O4/c1-5(9)8(12,6(10)11)7(2,3)4/h5,9,12H,1-4H3,(H,10,11). The van der Waals surface area contributed by atoms with Crippen LogP contribution in [0.25, 0.3) is 0 Å². The summed E-state index contributed by atoms with van der Waals surface area (Å²) in [4.78, 5) is 10.7. The highest BCUT2D eigenvalue weighted by molar-refractivity contribution is 5.79. The first kappa shape index (κ1) is 11.4. The van der Waals surface area contributed by atoms with E-state index >= 15 is 0 Å². The lowest BCUT2D eigenvalue weighted by Crippen LogP contribution is -2.57. The minimum Gasteiger partial charge on any atom is -0.479 e. The quantitative estimate of drug-likeness (QED) is 0.562. The molecule has 3 N–H and O–H groups in total. The normalized spacial score (nSPS) is 19.8. The van der Waals surface area contributed by atoms with Gasteiger partial charge in [0.15, 0.2) is 5.60 Å². The molecule has 0 heterocycles. The van der Waals surface area contributed by atoms with Crippen LogP contribution in [-0.4, -0.2) is 33.0 Å². The maximum absolute atomic E-state index is 10.7. The summed E-state index contributed by atoms with van der Waals surface area (Å²) in [6.45, 7) is 5.95. The number of aliphatic hydroxyl groups is 2. The summed E-state index contributed by atoms with van der Waals surface area (Å²) >= 11 is 0. The van der Waals surface area contributed by atoms with Crippen molar-refractivity contribution in [3.63, 3.8) is 0 Å². The van der Waals surface area contributed by atoms with Gasteiger partial charge in [-0.1, -0.05) is 20.8 Å². The van der Waals surface area contributed by atoms with E-state index in [-0.39, 0.29) is 0 Å². The molecular formula is C8H16O4. The molecule has 0 radical (unpaired) electrons. The van der Waals surface area contributed by atoms with Gasteiger partial charge in [-0.05, 0) is 6.92 Å². The summed E-state index contributed by atoms with van der Waals surface area (Å²) in [5.41, 5.74) is -2.99. The second-order valence-corrected chi connectivity index (χ2v) is 4.00. The summed E-state index contributed by atoms with van der Waals surface area (Å²) in [5, 5.41) is 27.5. The van der Waals surface area contributed by atoms with Crippen LogP contribution in [0.3, 0.4) is 0 Å². The molecule has 0 aliphatic heterocycles. The molecule has 0 aromatic rings. The van der Waals surface area contributed by atoms with E-state index < -0.39 is 23.1 Å². The number of hydrogen-bond donors (Lipinski definition) is 3. The van der Waals surface area contributed by atoms with Gasteiger partial charge in [0.2, 0.25) is 0 Å². The van der Waals surface area contributed by atoms with Crippen LogP contribution in [0.1, 0.15) is 27.7 Å². The van der Waals surface area contributed by atoms with Gasteiger partial charge in [-0.3, -0.25) is 0 Å². The molecule has 0 amide bonds. The summed E-state index contributed by atoms with van der Waals surface area (Å²) < 4.78 is 0. The fourth-order valence-electron chi connectivity index (χ4n) is 1.13. The summed E-state index contributed by atoms with van der Waals surface area (Å²) in [7, 11) is 0. The predicted octanol–water partition coefficient (Wildman–Crippen LogP) is 0.229. The zero-order valence-electron chi connectivity index (χ0n) is 7.83. The highest BCUT2D eigenvalue weighted by atomic mass is 16.4. The van der Waals surface area contributed by atoms with E-state index in [1.807, 2.05) is 0 Å². The largest absolute Gasteiger partial charge is 0.479 e. The van der Waals surface area contributed by atoms with Gasteiger partial charge >= 0.3 is 5.97 Å². The van der Waals surface area contributed by atoms with Crippen LogP contribution in [0.4, 0.5) is 0 Å². The Kier molecular flexibility index (Phi) is 2.88. The van der Waals surface area contributed by atoms with E-state index in [2.05, 4.69) is 0 Å². The van der Waals surface area contributed by atoms with Gasteiger partial charge < -0.3 is 15.3 Å². The minimum absolute atomic E-state index is 0.896. The Morgan fingerprint density at radius 2 is 1.67 bits per heavy atom. The van der Waals surface area contributed by atoms with Crippen molar-refractivity contribution in [3.05, 3.63) is 0 Å². The van der Waals surface area contributed by atoms with Crippen molar-refractivity contribution in [2.75, 3.05) is 0 Å². The molecule has 0 bridgehead atoms. The molecule has 4 nitrogen and oxygen atoms in total. The van der Waals surface area contributed by atoms with Crippen molar-refractivity contribution >= 4 is 5.97 Å². The van der Waals surface area contributed by atoms with Crippen LogP contribution in [0.5, 0.6) is 0 Å². The number of hydrogen-bond acceptors (Lipinski definition) is 3. The number of carboxylic acid groups (broad SMARTS) is 1. The van der Waals surface area contributed by atoms with Crippen LogP contribution in [0, 0.1) is 5.41 Å². The van der Waals surface area contributed by atoms with Crippen molar-refractivity contribution in [1.82, 2.24) is 0 Å². The molecule has 0 aliphatic rings. The second-order valence-electron chi connectivity index (χ2n) is 4.00. The fraction of sp³-hybridized carbons (Fsp3) is 0.875. The fourth-order valence-corrected chi connectivity index (χ4v) is 1.13. The second kappa shape index (κ2) is 3.03. The first-order valence-electron chi connectivity index (χ1n) is 3.78. The highest BCUT2D eigenvalue weighted by Crippen LogP contribution is 2.33. The Labute approximate surface area is 71.8 Å². The van der Waals surface area contributed by atoms with Gasteiger partial charge in [0.25, 0.3) is 0 Å². The first-order chi connectivity index (χ1) is 5.14. The van der Waals surface area contributed by atoms with E-state index in [9.17, 15) is 9.90 Å². The Bertz CT molecular complexity index is 180. The zero-order chi connectivity index (χ0) is 10.2. The van der Waals surface area contributed by atoms with Gasteiger partial charge in [0.05, 0.1) is 6.10 Å². The summed E-state index contributed by atoms with van der Waals surface area (Å²) in [5.74, 6) is -1.40. The number of carbonyl (C=O) groups is 1. The lowest BCUT2D eigenvalue weighted by Gasteiger charge is -2.38. The smallest absolute Gasteiger partial charge is 0.338 e. The minimum atomic E-state index is -2.09. The maximum Gasteiger partial charge on any atom is 0.338 e. The van der Waals surface area contributed by atoms with Crippen LogP contribution >= 0.6 is 0 Å². The van der Waals surface area contributed by atoms with Crippen LogP contribution in [-0.2, 0) is 4.79 Å². The van der Waals surface area contributed by atoms with Gasteiger partial charge in [-0.25, -0.2) is 4.79 Å². The number of rotatable bonds is 2. The topological polar surface area (TPSA) is 77.8 Å². The van der Waals surface area contributed by atoms with E-state index in [1.54, 1.807) is 20.8 Å². The molecule has 0 saturated heterocycles. The molecule has 0 aromatic carbocycles. The molecule has 12 heavy (non-hydrogen) atoms. The van der Waals surface area contributed by atoms with E-state index in [0.29, 0.717) is 0 Å². The molecule has 0 saturated carbocycles. The maximum atomic E-state index is 10.7. The monoisotopic (exact) mass is 176 g/mol. The average Bonchev–Trinajstić information content (AvgIpc) is 1.82. The Morgan fingerprint density at radius 1 is 1.33 bits per heavy atom. The molecule has 72 valence electrons. The molecule has 2 unspecified atom stereocenters. The third-order valence-electron chi connectivity index (χ3n) is 2.07.